The van der Waals surface area contributed by atoms with Gasteiger partial charge in [0.2, 0.25) is 0 Å². The fourth-order valence-corrected chi connectivity index (χ4v) is 2.90. The standard InChI is InChI=1S/C22H30N2O3/c1-16(22(2,3)18-9-7-6-8-10-18)24-21(25)23-14-13-17-11-12-19(26-4)20(15-17)27-5/h6-12,15-16H,13-14H2,1-5H3,(H2,23,24,25). The largest absolute Gasteiger partial charge is 0.493 e. The first kappa shape index (κ1) is 20.6. The van der Waals surface area contributed by atoms with Crippen molar-refractivity contribution in [2.24, 2.45) is 0 Å². The first-order valence-electron chi connectivity index (χ1n) is 9.19. The predicted octanol–water partition coefficient (Wildman–Crippen LogP) is 3.91. The third kappa shape index (κ3) is 5.39. The van der Waals surface area contributed by atoms with Crippen molar-refractivity contribution in [2.45, 2.75) is 38.6 Å². The Morgan fingerprint density at radius 1 is 1.04 bits per heavy atom. The van der Waals surface area contributed by atoms with Crippen LogP contribution in [0.15, 0.2) is 48.5 Å². The molecule has 146 valence electrons. The molecule has 1 atom stereocenters. The molecule has 0 spiro atoms. The van der Waals surface area contributed by atoms with Gasteiger partial charge in [-0.15, -0.1) is 0 Å². The van der Waals surface area contributed by atoms with Gasteiger partial charge >= 0.3 is 6.03 Å². The summed E-state index contributed by atoms with van der Waals surface area (Å²) < 4.78 is 10.6. The highest BCUT2D eigenvalue weighted by atomic mass is 16.5. The summed E-state index contributed by atoms with van der Waals surface area (Å²) in [6.45, 7) is 6.84. The van der Waals surface area contributed by atoms with Crippen LogP contribution in [0.1, 0.15) is 31.9 Å². The van der Waals surface area contributed by atoms with Crippen molar-refractivity contribution >= 4 is 6.03 Å². The third-order valence-electron chi connectivity index (χ3n) is 5.10. The molecule has 0 heterocycles. The van der Waals surface area contributed by atoms with E-state index in [0.717, 1.165) is 5.56 Å². The molecule has 0 aliphatic carbocycles. The number of urea groups is 1. The van der Waals surface area contributed by atoms with Gasteiger partial charge in [0.05, 0.1) is 14.2 Å². The van der Waals surface area contributed by atoms with Crippen LogP contribution in [0.5, 0.6) is 11.5 Å². The summed E-state index contributed by atoms with van der Waals surface area (Å²) in [4.78, 5) is 12.3. The fraction of sp³-hybridized carbons (Fsp3) is 0.409. The number of rotatable bonds is 8. The van der Waals surface area contributed by atoms with Crippen LogP contribution in [-0.4, -0.2) is 32.8 Å². The Kier molecular flexibility index (Phi) is 7.11. The molecule has 0 saturated heterocycles. The van der Waals surface area contributed by atoms with Gasteiger partial charge in [-0.3, -0.25) is 0 Å². The summed E-state index contributed by atoms with van der Waals surface area (Å²) in [6.07, 6.45) is 0.713. The highest BCUT2D eigenvalue weighted by Gasteiger charge is 2.28. The molecule has 2 aromatic rings. The van der Waals surface area contributed by atoms with Crippen molar-refractivity contribution in [1.29, 1.82) is 0 Å². The monoisotopic (exact) mass is 370 g/mol. The summed E-state index contributed by atoms with van der Waals surface area (Å²) in [5.74, 6) is 1.39. The number of nitrogens with one attached hydrogen (secondary N) is 2. The lowest BCUT2D eigenvalue weighted by Gasteiger charge is -2.33. The molecule has 0 bridgehead atoms. The maximum Gasteiger partial charge on any atom is 0.315 e. The summed E-state index contributed by atoms with van der Waals surface area (Å²) in [7, 11) is 3.23. The second kappa shape index (κ2) is 9.31. The highest BCUT2D eigenvalue weighted by molar-refractivity contribution is 5.74. The normalized spacial score (nSPS) is 12.2. The second-order valence-electron chi connectivity index (χ2n) is 7.15. The fourth-order valence-electron chi connectivity index (χ4n) is 2.90. The Balaban J connectivity index is 1.86. The number of carbonyl (C=O) groups excluding carboxylic acids is 1. The van der Waals surface area contributed by atoms with Gasteiger partial charge in [0.25, 0.3) is 0 Å². The van der Waals surface area contributed by atoms with E-state index in [0.29, 0.717) is 24.5 Å². The third-order valence-corrected chi connectivity index (χ3v) is 5.10. The molecule has 2 aromatic carbocycles. The molecule has 0 radical (unpaired) electrons. The second-order valence-corrected chi connectivity index (χ2v) is 7.15. The van der Waals surface area contributed by atoms with Gasteiger partial charge in [0.15, 0.2) is 11.5 Å². The minimum Gasteiger partial charge on any atom is -0.493 e. The van der Waals surface area contributed by atoms with E-state index in [1.165, 1.54) is 5.56 Å². The molecule has 2 rings (SSSR count). The zero-order valence-electron chi connectivity index (χ0n) is 16.8. The topological polar surface area (TPSA) is 59.6 Å². The highest BCUT2D eigenvalue weighted by Crippen LogP contribution is 2.28. The number of ether oxygens (including phenoxy) is 2. The lowest BCUT2D eigenvalue weighted by molar-refractivity contribution is 0.231. The van der Waals surface area contributed by atoms with Gasteiger partial charge in [-0.1, -0.05) is 50.2 Å². The maximum absolute atomic E-state index is 12.3. The minimum absolute atomic E-state index is 0.0130. The molecule has 2 N–H and O–H groups in total. The quantitative estimate of drug-likeness (QED) is 0.741. The van der Waals surface area contributed by atoms with Crippen LogP contribution in [-0.2, 0) is 11.8 Å². The Morgan fingerprint density at radius 3 is 2.33 bits per heavy atom. The first-order chi connectivity index (χ1) is 12.9. The average molecular weight is 370 g/mol. The van der Waals surface area contributed by atoms with Crippen molar-refractivity contribution in [3.8, 4) is 11.5 Å². The summed E-state index contributed by atoms with van der Waals surface area (Å²) in [5.41, 5.74) is 2.11. The van der Waals surface area contributed by atoms with Gasteiger partial charge < -0.3 is 20.1 Å². The number of methoxy groups -OCH3 is 2. The van der Waals surface area contributed by atoms with Gasteiger partial charge in [-0.05, 0) is 36.6 Å². The number of hydrogen-bond donors (Lipinski definition) is 2. The minimum atomic E-state index is -0.165. The molecule has 2 amide bonds. The van der Waals surface area contributed by atoms with Crippen LogP contribution in [0, 0.1) is 0 Å². The molecule has 0 aliphatic heterocycles. The molecule has 0 saturated carbocycles. The van der Waals surface area contributed by atoms with E-state index in [1.54, 1.807) is 14.2 Å². The van der Waals surface area contributed by atoms with Crippen LogP contribution in [0.3, 0.4) is 0 Å². The van der Waals surface area contributed by atoms with E-state index in [-0.39, 0.29) is 17.5 Å². The molecule has 27 heavy (non-hydrogen) atoms. The van der Waals surface area contributed by atoms with Crippen molar-refractivity contribution in [2.75, 3.05) is 20.8 Å². The van der Waals surface area contributed by atoms with E-state index in [2.05, 4.69) is 36.6 Å². The number of hydrogen-bond acceptors (Lipinski definition) is 3. The molecular weight excluding hydrogens is 340 g/mol. The molecule has 5 heteroatoms. The number of carbonyl (C=O) groups is 1. The summed E-state index contributed by atoms with van der Waals surface area (Å²) in [6, 6.07) is 15.8. The zero-order valence-corrected chi connectivity index (χ0v) is 16.8. The Hall–Kier alpha value is -2.69. The number of amides is 2. The smallest absolute Gasteiger partial charge is 0.315 e. The van der Waals surface area contributed by atoms with E-state index in [4.69, 9.17) is 9.47 Å². The Morgan fingerprint density at radius 2 is 1.70 bits per heavy atom. The molecule has 0 aliphatic rings. The molecule has 5 nitrogen and oxygen atoms in total. The van der Waals surface area contributed by atoms with Gasteiger partial charge in [-0.2, -0.15) is 0 Å². The lowest BCUT2D eigenvalue weighted by Crippen LogP contribution is -2.49. The van der Waals surface area contributed by atoms with Gasteiger partial charge in [0, 0.05) is 18.0 Å². The van der Waals surface area contributed by atoms with Gasteiger partial charge in [-0.25, -0.2) is 4.79 Å². The lowest BCUT2D eigenvalue weighted by atomic mass is 9.78. The summed E-state index contributed by atoms with van der Waals surface area (Å²) >= 11 is 0. The Bertz CT molecular complexity index is 744. The van der Waals surface area contributed by atoms with E-state index in [9.17, 15) is 4.79 Å². The van der Waals surface area contributed by atoms with Crippen LogP contribution < -0.4 is 20.1 Å². The van der Waals surface area contributed by atoms with Crippen molar-refractivity contribution in [3.05, 3.63) is 59.7 Å². The van der Waals surface area contributed by atoms with E-state index < -0.39 is 0 Å². The average Bonchev–Trinajstić information content (AvgIpc) is 2.68. The van der Waals surface area contributed by atoms with Crippen LogP contribution in [0.25, 0.3) is 0 Å². The molecule has 0 aromatic heterocycles. The molecule has 1 unspecified atom stereocenters. The van der Waals surface area contributed by atoms with Crippen LogP contribution in [0.4, 0.5) is 4.79 Å². The maximum atomic E-state index is 12.3. The van der Waals surface area contributed by atoms with Crippen LogP contribution in [0.2, 0.25) is 0 Å². The van der Waals surface area contributed by atoms with Crippen LogP contribution >= 0.6 is 0 Å². The molecular formula is C22H30N2O3. The first-order valence-corrected chi connectivity index (χ1v) is 9.19. The Labute approximate surface area is 162 Å². The van der Waals surface area contributed by atoms with Crippen molar-refractivity contribution in [1.82, 2.24) is 10.6 Å². The van der Waals surface area contributed by atoms with E-state index >= 15 is 0 Å². The van der Waals surface area contributed by atoms with E-state index in [1.807, 2.05) is 43.3 Å². The van der Waals surface area contributed by atoms with Crippen molar-refractivity contribution < 1.29 is 14.3 Å². The zero-order chi connectivity index (χ0) is 19.9. The van der Waals surface area contributed by atoms with Gasteiger partial charge in [0.1, 0.15) is 0 Å². The van der Waals surface area contributed by atoms with Crippen molar-refractivity contribution in [3.63, 3.8) is 0 Å². The summed E-state index contributed by atoms with van der Waals surface area (Å²) in [5, 5.41) is 5.98. The number of benzene rings is 2. The SMILES string of the molecule is COc1ccc(CCNC(=O)NC(C)C(C)(C)c2ccccc2)cc1OC. The molecule has 0 fully saturated rings. The predicted molar refractivity (Wildman–Crippen MR) is 109 cm³/mol.